The van der Waals surface area contributed by atoms with Crippen LogP contribution in [0.1, 0.15) is 43.5 Å². The number of aryl methyl sites for hydroxylation is 3. The third-order valence-corrected chi connectivity index (χ3v) is 5.98. The first-order chi connectivity index (χ1) is 12.6. The number of fused-ring (bicyclic) bond motifs is 1. The Balaban J connectivity index is 1.62. The zero-order chi connectivity index (χ0) is 18.1. The van der Waals surface area contributed by atoms with E-state index in [2.05, 4.69) is 42.2 Å². The number of thiazole rings is 1. The van der Waals surface area contributed by atoms with Crippen LogP contribution in [-0.2, 0) is 12.8 Å². The van der Waals surface area contributed by atoms with Crippen LogP contribution in [0, 0.1) is 13.8 Å². The lowest BCUT2D eigenvalue weighted by atomic mass is 9.99. The van der Waals surface area contributed by atoms with Gasteiger partial charge in [-0.1, -0.05) is 48.0 Å². The highest BCUT2D eigenvalue weighted by Gasteiger charge is 2.26. The molecule has 0 spiro atoms. The minimum atomic E-state index is 0.0871. The van der Waals surface area contributed by atoms with Crippen LogP contribution in [0.5, 0.6) is 0 Å². The van der Waals surface area contributed by atoms with Gasteiger partial charge in [0.25, 0.3) is 5.91 Å². The molecule has 0 unspecified atom stereocenters. The van der Waals surface area contributed by atoms with Crippen LogP contribution in [0.3, 0.4) is 0 Å². The number of amides is 1. The smallest absolute Gasteiger partial charge is 0.270 e. The lowest BCUT2D eigenvalue weighted by Crippen LogP contribution is -2.35. The number of nitrogens with zero attached hydrogens (tertiary/aromatic N) is 2. The second-order valence-electron chi connectivity index (χ2n) is 6.88. The topological polar surface area (TPSA) is 33.2 Å². The summed E-state index contributed by atoms with van der Waals surface area (Å²) in [5, 5.41) is 0.998. The second kappa shape index (κ2) is 7.04. The van der Waals surface area contributed by atoms with Crippen molar-refractivity contribution in [1.82, 2.24) is 4.98 Å². The van der Waals surface area contributed by atoms with E-state index in [4.69, 9.17) is 0 Å². The first-order valence-corrected chi connectivity index (χ1v) is 9.85. The Morgan fingerprint density at radius 2 is 1.96 bits per heavy atom. The van der Waals surface area contributed by atoms with Gasteiger partial charge in [-0.25, -0.2) is 4.98 Å². The molecule has 3 aromatic rings. The molecule has 4 heteroatoms. The SMILES string of the molecule is Cc1ccc2c(c1)CCCN2C(=O)c1sc(Cc2ccccc2)nc1C. The Morgan fingerprint density at radius 1 is 1.15 bits per heavy atom. The number of carbonyl (C=O) groups excluding carboxylic acids is 1. The van der Waals surface area contributed by atoms with Crippen molar-refractivity contribution >= 4 is 22.9 Å². The van der Waals surface area contributed by atoms with Crippen molar-refractivity contribution in [2.75, 3.05) is 11.4 Å². The van der Waals surface area contributed by atoms with E-state index in [0.29, 0.717) is 0 Å². The molecule has 0 saturated heterocycles. The van der Waals surface area contributed by atoms with Gasteiger partial charge in [-0.2, -0.15) is 0 Å². The molecule has 2 aromatic carbocycles. The molecular weight excluding hydrogens is 340 g/mol. The van der Waals surface area contributed by atoms with Crippen LogP contribution in [-0.4, -0.2) is 17.4 Å². The summed E-state index contributed by atoms with van der Waals surface area (Å²) in [4.78, 5) is 20.6. The fraction of sp³-hybridized carbons (Fsp3) is 0.273. The molecule has 1 aliphatic rings. The number of rotatable bonds is 3. The van der Waals surface area contributed by atoms with E-state index < -0.39 is 0 Å². The summed E-state index contributed by atoms with van der Waals surface area (Å²) in [6.45, 7) is 4.82. The molecular formula is C22H22N2OS. The van der Waals surface area contributed by atoms with Crippen molar-refractivity contribution in [3.63, 3.8) is 0 Å². The lowest BCUT2D eigenvalue weighted by Gasteiger charge is -2.29. The Labute approximate surface area is 158 Å². The number of anilines is 1. The van der Waals surface area contributed by atoms with Gasteiger partial charge in [0, 0.05) is 18.7 Å². The standard InChI is InChI=1S/C22H22N2OS/c1-15-10-11-19-18(13-15)9-6-12-24(19)22(25)21-16(2)23-20(26-21)14-17-7-4-3-5-8-17/h3-5,7-8,10-11,13H,6,9,12,14H2,1-2H3. The van der Waals surface area contributed by atoms with Gasteiger partial charge < -0.3 is 4.90 Å². The van der Waals surface area contributed by atoms with Crippen LogP contribution < -0.4 is 4.90 Å². The van der Waals surface area contributed by atoms with E-state index in [-0.39, 0.29) is 5.91 Å². The third-order valence-electron chi connectivity index (χ3n) is 4.83. The van der Waals surface area contributed by atoms with Crippen molar-refractivity contribution < 1.29 is 4.79 Å². The zero-order valence-corrected chi connectivity index (χ0v) is 16.0. The molecule has 26 heavy (non-hydrogen) atoms. The number of hydrogen-bond acceptors (Lipinski definition) is 3. The van der Waals surface area contributed by atoms with Crippen molar-refractivity contribution in [2.45, 2.75) is 33.1 Å². The zero-order valence-electron chi connectivity index (χ0n) is 15.2. The van der Waals surface area contributed by atoms with Gasteiger partial charge in [-0.15, -0.1) is 11.3 Å². The quantitative estimate of drug-likeness (QED) is 0.661. The molecule has 1 aliphatic heterocycles. The Bertz CT molecular complexity index is 946. The number of benzene rings is 2. The molecule has 3 nitrogen and oxygen atoms in total. The average molecular weight is 362 g/mol. The van der Waals surface area contributed by atoms with Crippen molar-refractivity contribution in [1.29, 1.82) is 0 Å². The Hall–Kier alpha value is -2.46. The molecule has 1 amide bonds. The minimum absolute atomic E-state index is 0.0871. The summed E-state index contributed by atoms with van der Waals surface area (Å²) in [6.07, 6.45) is 2.83. The largest absolute Gasteiger partial charge is 0.307 e. The van der Waals surface area contributed by atoms with Crippen molar-refractivity contribution in [2.24, 2.45) is 0 Å². The molecule has 0 atom stereocenters. The number of carbonyl (C=O) groups is 1. The molecule has 0 bridgehead atoms. The maximum absolute atomic E-state index is 13.2. The van der Waals surface area contributed by atoms with E-state index in [1.54, 1.807) is 0 Å². The maximum Gasteiger partial charge on any atom is 0.270 e. The Kier molecular flexibility index (Phi) is 4.60. The van der Waals surface area contributed by atoms with Gasteiger partial charge in [0.05, 0.1) is 10.7 Å². The van der Waals surface area contributed by atoms with Crippen molar-refractivity contribution in [3.05, 3.63) is 80.8 Å². The van der Waals surface area contributed by atoms with Gasteiger partial charge in [0.1, 0.15) is 4.88 Å². The molecule has 0 radical (unpaired) electrons. The van der Waals surface area contributed by atoms with Crippen LogP contribution in [0.2, 0.25) is 0 Å². The van der Waals surface area contributed by atoms with E-state index in [1.807, 2.05) is 30.0 Å². The highest BCUT2D eigenvalue weighted by Crippen LogP contribution is 2.31. The fourth-order valence-corrected chi connectivity index (χ4v) is 4.60. The van der Waals surface area contributed by atoms with Gasteiger partial charge in [-0.3, -0.25) is 4.79 Å². The van der Waals surface area contributed by atoms with Crippen LogP contribution in [0.4, 0.5) is 5.69 Å². The third kappa shape index (κ3) is 3.29. The van der Waals surface area contributed by atoms with Gasteiger partial charge in [-0.05, 0) is 43.9 Å². The molecule has 0 saturated carbocycles. The van der Waals surface area contributed by atoms with Crippen LogP contribution in [0.15, 0.2) is 48.5 Å². The predicted molar refractivity (Wildman–Crippen MR) is 107 cm³/mol. The molecule has 1 aromatic heterocycles. The normalized spacial score (nSPS) is 13.5. The average Bonchev–Trinajstić information content (AvgIpc) is 3.01. The Morgan fingerprint density at radius 3 is 2.77 bits per heavy atom. The highest BCUT2D eigenvalue weighted by atomic mass is 32.1. The van der Waals surface area contributed by atoms with Crippen LogP contribution >= 0.6 is 11.3 Å². The molecule has 2 heterocycles. The minimum Gasteiger partial charge on any atom is -0.307 e. The van der Waals surface area contributed by atoms with Crippen molar-refractivity contribution in [3.8, 4) is 0 Å². The van der Waals surface area contributed by atoms with E-state index in [0.717, 1.165) is 47.1 Å². The molecule has 4 rings (SSSR count). The summed E-state index contributed by atoms with van der Waals surface area (Å²) in [7, 11) is 0. The summed E-state index contributed by atoms with van der Waals surface area (Å²) in [6, 6.07) is 16.7. The summed E-state index contributed by atoms with van der Waals surface area (Å²) in [5.74, 6) is 0.0871. The van der Waals surface area contributed by atoms with Crippen LogP contribution in [0.25, 0.3) is 0 Å². The highest BCUT2D eigenvalue weighted by molar-refractivity contribution is 7.14. The summed E-state index contributed by atoms with van der Waals surface area (Å²) >= 11 is 1.53. The van der Waals surface area contributed by atoms with E-state index in [9.17, 15) is 4.79 Å². The predicted octanol–water partition coefficient (Wildman–Crippen LogP) is 4.94. The summed E-state index contributed by atoms with van der Waals surface area (Å²) in [5.41, 5.74) is 5.64. The molecule has 0 N–H and O–H groups in total. The first kappa shape index (κ1) is 17.0. The monoisotopic (exact) mass is 362 g/mol. The molecule has 0 aliphatic carbocycles. The number of aromatic nitrogens is 1. The first-order valence-electron chi connectivity index (χ1n) is 9.03. The maximum atomic E-state index is 13.2. The second-order valence-corrected chi connectivity index (χ2v) is 7.96. The molecule has 132 valence electrons. The fourth-order valence-electron chi connectivity index (χ4n) is 3.56. The van der Waals surface area contributed by atoms with Gasteiger partial charge in [0.15, 0.2) is 0 Å². The number of hydrogen-bond donors (Lipinski definition) is 0. The van der Waals surface area contributed by atoms with Gasteiger partial charge >= 0.3 is 0 Å². The van der Waals surface area contributed by atoms with E-state index >= 15 is 0 Å². The van der Waals surface area contributed by atoms with Gasteiger partial charge in [0.2, 0.25) is 0 Å². The lowest BCUT2D eigenvalue weighted by molar-refractivity contribution is 0.0988. The summed E-state index contributed by atoms with van der Waals surface area (Å²) < 4.78 is 0. The van der Waals surface area contributed by atoms with E-state index in [1.165, 1.54) is 28.0 Å². The molecule has 0 fully saturated rings.